The van der Waals surface area contributed by atoms with E-state index in [0.29, 0.717) is 6.54 Å². The van der Waals surface area contributed by atoms with Gasteiger partial charge >= 0.3 is 0 Å². The zero-order valence-electron chi connectivity index (χ0n) is 11.8. The largest absolute Gasteiger partial charge is 0.335 e. The number of carbonyl (C=O) groups excluding carboxylic acids is 1. The van der Waals surface area contributed by atoms with E-state index < -0.39 is 0 Å². The Morgan fingerprint density at radius 1 is 1.42 bits per heavy atom. The van der Waals surface area contributed by atoms with Crippen LogP contribution in [0, 0.1) is 0 Å². The van der Waals surface area contributed by atoms with Gasteiger partial charge in [-0.1, -0.05) is 12.8 Å². The number of thiazole rings is 1. The average molecular weight is 281 g/mol. The molecule has 1 atom stereocenters. The third-order valence-corrected chi connectivity index (χ3v) is 4.79. The number of aromatic nitrogens is 1. The van der Waals surface area contributed by atoms with E-state index in [2.05, 4.69) is 9.88 Å². The summed E-state index contributed by atoms with van der Waals surface area (Å²) >= 11 is 1.61. The van der Waals surface area contributed by atoms with E-state index in [9.17, 15) is 4.79 Å². The van der Waals surface area contributed by atoms with Gasteiger partial charge in [0.15, 0.2) is 0 Å². The van der Waals surface area contributed by atoms with Crippen LogP contribution in [0.2, 0.25) is 0 Å². The molecule has 0 saturated carbocycles. The fourth-order valence-electron chi connectivity index (χ4n) is 2.42. The van der Waals surface area contributed by atoms with Crippen molar-refractivity contribution in [3.05, 3.63) is 16.6 Å². The summed E-state index contributed by atoms with van der Waals surface area (Å²) in [6.07, 6.45) is 6.84. The second-order valence-corrected chi connectivity index (χ2v) is 6.17. The summed E-state index contributed by atoms with van der Waals surface area (Å²) in [6.45, 7) is 4.71. The van der Waals surface area contributed by atoms with Crippen LogP contribution in [0.25, 0.3) is 0 Å². The number of hydrogen-bond donors (Lipinski definition) is 0. The molecule has 0 bridgehead atoms. The van der Waals surface area contributed by atoms with E-state index in [1.54, 1.807) is 17.5 Å². The van der Waals surface area contributed by atoms with E-state index in [1.165, 1.54) is 25.7 Å². The van der Waals surface area contributed by atoms with Gasteiger partial charge < -0.3 is 4.90 Å². The third kappa shape index (κ3) is 4.01. The minimum absolute atomic E-state index is 0.0690. The van der Waals surface area contributed by atoms with Crippen LogP contribution in [-0.2, 0) is 4.79 Å². The highest BCUT2D eigenvalue weighted by Crippen LogP contribution is 2.21. The van der Waals surface area contributed by atoms with Crippen LogP contribution in [0.3, 0.4) is 0 Å². The fraction of sp³-hybridized carbons (Fsp3) is 0.714. The predicted molar refractivity (Wildman–Crippen MR) is 78.2 cm³/mol. The number of likely N-dealkylation sites (tertiary alicyclic amines) is 1. The molecule has 2 heterocycles. The Labute approximate surface area is 119 Å². The van der Waals surface area contributed by atoms with Gasteiger partial charge in [0.1, 0.15) is 5.01 Å². The zero-order chi connectivity index (χ0) is 13.7. The molecule has 2 rings (SSSR count). The van der Waals surface area contributed by atoms with Crippen LogP contribution in [0.5, 0.6) is 0 Å². The Kier molecular flexibility index (Phi) is 5.34. The first-order valence-corrected chi connectivity index (χ1v) is 7.94. The van der Waals surface area contributed by atoms with Crippen LogP contribution in [-0.4, -0.2) is 47.4 Å². The Hall–Kier alpha value is -0.940. The Bertz CT molecular complexity index is 385. The molecule has 1 aromatic heterocycles. The molecule has 1 aliphatic rings. The van der Waals surface area contributed by atoms with Crippen molar-refractivity contribution < 1.29 is 4.79 Å². The molecule has 1 aliphatic heterocycles. The lowest BCUT2D eigenvalue weighted by molar-refractivity contribution is -0.133. The molecular formula is C14H23N3OS. The van der Waals surface area contributed by atoms with Crippen LogP contribution >= 0.6 is 11.3 Å². The van der Waals surface area contributed by atoms with Crippen molar-refractivity contribution >= 4 is 17.2 Å². The van der Waals surface area contributed by atoms with Gasteiger partial charge in [0.05, 0.1) is 12.6 Å². The first kappa shape index (κ1) is 14.5. The lowest BCUT2D eigenvalue weighted by Crippen LogP contribution is -2.39. The van der Waals surface area contributed by atoms with Crippen molar-refractivity contribution in [3.63, 3.8) is 0 Å². The molecule has 106 valence electrons. The molecule has 1 fully saturated rings. The summed E-state index contributed by atoms with van der Waals surface area (Å²) in [4.78, 5) is 20.7. The predicted octanol–water partition coefficient (Wildman–Crippen LogP) is 2.54. The van der Waals surface area contributed by atoms with E-state index in [-0.39, 0.29) is 11.9 Å². The Balaban J connectivity index is 1.87. The number of amides is 1. The maximum atomic E-state index is 12.3. The molecule has 1 aromatic rings. The monoisotopic (exact) mass is 281 g/mol. The minimum atomic E-state index is 0.0690. The molecule has 1 amide bonds. The average Bonchev–Trinajstić information content (AvgIpc) is 2.83. The van der Waals surface area contributed by atoms with Crippen LogP contribution in [0.15, 0.2) is 11.6 Å². The van der Waals surface area contributed by atoms with Gasteiger partial charge in [-0.15, -0.1) is 11.3 Å². The van der Waals surface area contributed by atoms with Crippen molar-refractivity contribution in [3.8, 4) is 0 Å². The molecule has 4 nitrogen and oxygen atoms in total. The number of carbonyl (C=O) groups is 1. The van der Waals surface area contributed by atoms with Gasteiger partial charge in [-0.2, -0.15) is 0 Å². The lowest BCUT2D eigenvalue weighted by atomic mass is 10.2. The highest BCUT2D eigenvalue weighted by atomic mass is 32.1. The number of nitrogens with zero attached hydrogens (tertiary/aromatic N) is 3. The van der Waals surface area contributed by atoms with Gasteiger partial charge in [-0.3, -0.25) is 9.69 Å². The summed E-state index contributed by atoms with van der Waals surface area (Å²) < 4.78 is 0. The summed E-state index contributed by atoms with van der Waals surface area (Å²) in [5, 5.41) is 2.96. The second-order valence-electron chi connectivity index (χ2n) is 5.24. The van der Waals surface area contributed by atoms with Gasteiger partial charge in [0.25, 0.3) is 0 Å². The number of likely N-dealkylation sites (N-methyl/N-ethyl adjacent to an activating group) is 1. The molecule has 0 N–H and O–H groups in total. The number of rotatable bonds is 4. The zero-order valence-corrected chi connectivity index (χ0v) is 12.7. The standard InChI is InChI=1S/C14H23N3OS/c1-12(14-15-7-10-19-14)16(2)13(18)11-17-8-5-3-4-6-9-17/h7,10,12H,3-6,8-9,11H2,1-2H3. The molecular weight excluding hydrogens is 258 g/mol. The van der Waals surface area contributed by atoms with E-state index in [1.807, 2.05) is 24.3 Å². The fourth-order valence-corrected chi connectivity index (χ4v) is 3.16. The third-order valence-electron chi connectivity index (χ3n) is 3.84. The molecule has 19 heavy (non-hydrogen) atoms. The number of hydrogen-bond acceptors (Lipinski definition) is 4. The van der Waals surface area contributed by atoms with Gasteiger partial charge in [0.2, 0.25) is 5.91 Å². The molecule has 1 unspecified atom stereocenters. The highest BCUT2D eigenvalue weighted by Gasteiger charge is 2.21. The summed E-state index contributed by atoms with van der Waals surface area (Å²) in [5.74, 6) is 0.199. The SMILES string of the molecule is CC(c1nccs1)N(C)C(=O)CN1CCCCCC1. The van der Waals surface area contributed by atoms with Crippen molar-refractivity contribution in [2.24, 2.45) is 0 Å². The van der Waals surface area contributed by atoms with Crippen molar-refractivity contribution in [2.75, 3.05) is 26.7 Å². The molecule has 0 radical (unpaired) electrons. The van der Waals surface area contributed by atoms with Crippen molar-refractivity contribution in [1.29, 1.82) is 0 Å². The van der Waals surface area contributed by atoms with Crippen LogP contribution in [0.1, 0.15) is 43.7 Å². The van der Waals surface area contributed by atoms with Gasteiger partial charge in [-0.25, -0.2) is 4.98 Å². The lowest BCUT2D eigenvalue weighted by Gasteiger charge is -2.27. The van der Waals surface area contributed by atoms with Crippen molar-refractivity contribution in [1.82, 2.24) is 14.8 Å². The van der Waals surface area contributed by atoms with Gasteiger partial charge in [0, 0.05) is 18.6 Å². The Morgan fingerprint density at radius 2 is 2.11 bits per heavy atom. The molecule has 0 aromatic carbocycles. The van der Waals surface area contributed by atoms with Gasteiger partial charge in [-0.05, 0) is 32.9 Å². The van der Waals surface area contributed by atoms with E-state index >= 15 is 0 Å². The topological polar surface area (TPSA) is 36.4 Å². The first-order chi connectivity index (χ1) is 9.18. The maximum absolute atomic E-state index is 12.3. The molecule has 1 saturated heterocycles. The smallest absolute Gasteiger partial charge is 0.237 e. The normalized spacial score (nSPS) is 18.8. The Morgan fingerprint density at radius 3 is 2.68 bits per heavy atom. The second kappa shape index (κ2) is 7.01. The minimum Gasteiger partial charge on any atom is -0.335 e. The van der Waals surface area contributed by atoms with E-state index in [0.717, 1.165) is 18.1 Å². The summed E-state index contributed by atoms with van der Waals surface area (Å²) in [5.41, 5.74) is 0. The molecule has 0 spiro atoms. The summed E-state index contributed by atoms with van der Waals surface area (Å²) in [7, 11) is 1.88. The van der Waals surface area contributed by atoms with Crippen LogP contribution in [0.4, 0.5) is 0 Å². The summed E-state index contributed by atoms with van der Waals surface area (Å²) in [6, 6.07) is 0.0690. The van der Waals surface area contributed by atoms with E-state index in [4.69, 9.17) is 0 Å². The highest BCUT2D eigenvalue weighted by molar-refractivity contribution is 7.09. The molecule has 0 aliphatic carbocycles. The van der Waals surface area contributed by atoms with Crippen LogP contribution < -0.4 is 0 Å². The maximum Gasteiger partial charge on any atom is 0.237 e. The first-order valence-electron chi connectivity index (χ1n) is 7.06. The molecule has 5 heteroatoms. The quantitative estimate of drug-likeness (QED) is 0.851. The van der Waals surface area contributed by atoms with Crippen molar-refractivity contribution in [2.45, 2.75) is 38.6 Å².